The highest BCUT2D eigenvalue weighted by Gasteiger charge is 2.26. The highest BCUT2D eigenvalue weighted by Crippen LogP contribution is 2.11. The van der Waals surface area contributed by atoms with Gasteiger partial charge in [-0.1, -0.05) is 0 Å². The lowest BCUT2D eigenvalue weighted by molar-refractivity contribution is -0.873. The molecule has 0 aliphatic carbocycles. The predicted octanol–water partition coefficient (Wildman–Crippen LogP) is 0.342. The zero-order chi connectivity index (χ0) is 22.8. The van der Waals surface area contributed by atoms with E-state index in [0.29, 0.717) is 22.1 Å². The number of carboxylic acids is 2. The fourth-order valence-corrected chi connectivity index (χ4v) is 2.77. The smallest absolute Gasteiger partial charge is 0.307 e. The Kier molecular flexibility index (Phi) is 10.8. The summed E-state index contributed by atoms with van der Waals surface area (Å²) in [5, 5.41) is 17.9. The van der Waals surface area contributed by atoms with Crippen LogP contribution in [0.1, 0.15) is 32.1 Å². The second-order valence-corrected chi connectivity index (χ2v) is 9.22. The maximum Gasteiger partial charge on any atom is 0.307 e. The summed E-state index contributed by atoms with van der Waals surface area (Å²) < 4.78 is 11.4. The lowest BCUT2D eigenvalue weighted by Crippen LogP contribution is -2.44. The van der Waals surface area contributed by atoms with Gasteiger partial charge in [-0.2, -0.15) is 0 Å². The van der Waals surface area contributed by atoms with Gasteiger partial charge in [-0.3, -0.25) is 19.2 Å². The zero-order valence-corrected chi connectivity index (χ0v) is 18.3. The van der Waals surface area contributed by atoms with E-state index in [1.807, 2.05) is 42.3 Å². The topological polar surface area (TPSA) is 127 Å². The number of hydrogen-bond donors (Lipinski definition) is 2. The maximum atomic E-state index is 12.0. The van der Waals surface area contributed by atoms with E-state index in [0.717, 1.165) is 0 Å². The molecule has 2 atom stereocenters. The lowest BCUT2D eigenvalue weighted by atomic mass is 10.2. The van der Waals surface area contributed by atoms with Crippen LogP contribution in [0.3, 0.4) is 0 Å². The molecule has 0 saturated carbocycles. The van der Waals surface area contributed by atoms with Crippen molar-refractivity contribution in [2.24, 2.45) is 0 Å². The number of esters is 2. The van der Waals surface area contributed by atoms with Crippen molar-refractivity contribution in [3.8, 4) is 0 Å². The van der Waals surface area contributed by atoms with Crippen molar-refractivity contribution in [2.45, 2.75) is 44.3 Å². The van der Waals surface area contributed by atoms with Gasteiger partial charge in [0.1, 0.15) is 13.1 Å². The quantitative estimate of drug-likeness (QED) is 0.304. The van der Waals surface area contributed by atoms with Crippen LogP contribution in [0.25, 0.3) is 0 Å². The number of carboxylic acid groups (broad SMARTS) is 2. The Morgan fingerprint density at radius 1 is 0.690 bits per heavy atom. The Hall–Kier alpha value is -2.20. The summed E-state index contributed by atoms with van der Waals surface area (Å²) in [7, 11) is 11.2. The second kappa shape index (κ2) is 11.7. The van der Waals surface area contributed by atoms with Crippen molar-refractivity contribution in [1.29, 1.82) is 0 Å². The number of ether oxygens (including phenoxy) is 2. The minimum atomic E-state index is -1.05. The summed E-state index contributed by atoms with van der Waals surface area (Å²) >= 11 is 0. The molecule has 0 fully saturated rings. The van der Waals surface area contributed by atoms with Crippen LogP contribution in [0.5, 0.6) is 0 Å². The minimum Gasteiger partial charge on any atom is -0.481 e. The molecule has 29 heavy (non-hydrogen) atoms. The van der Waals surface area contributed by atoms with E-state index in [4.69, 9.17) is 19.7 Å². The first-order valence-electron chi connectivity index (χ1n) is 9.51. The molecule has 0 aromatic carbocycles. The van der Waals surface area contributed by atoms with E-state index in [1.54, 1.807) is 0 Å². The van der Waals surface area contributed by atoms with Gasteiger partial charge in [-0.05, 0) is 6.42 Å². The summed E-state index contributed by atoms with van der Waals surface area (Å²) in [4.78, 5) is 45.9. The summed E-state index contributed by atoms with van der Waals surface area (Å²) in [5.41, 5.74) is 0. The van der Waals surface area contributed by atoms with Crippen LogP contribution in [0.4, 0.5) is 0 Å². The molecule has 0 aliphatic rings. The number of likely N-dealkylation sites (N-methyl/N-ethyl adjacent to an activating group) is 2. The Labute approximate surface area is 172 Å². The van der Waals surface area contributed by atoms with Crippen molar-refractivity contribution >= 4 is 23.9 Å². The van der Waals surface area contributed by atoms with Crippen LogP contribution in [-0.4, -0.2) is 111 Å². The van der Waals surface area contributed by atoms with Gasteiger partial charge < -0.3 is 28.7 Å². The number of carbonyl (C=O) groups excluding carboxylic acids is 2. The Morgan fingerprint density at radius 2 is 1.00 bits per heavy atom. The van der Waals surface area contributed by atoms with Crippen molar-refractivity contribution in [3.05, 3.63) is 0 Å². The molecule has 0 unspecified atom stereocenters. The summed E-state index contributed by atoms with van der Waals surface area (Å²) in [5.74, 6) is -3.26. The molecular formula is C19H36N2O8+2. The third-order valence-electron chi connectivity index (χ3n) is 3.67. The van der Waals surface area contributed by atoms with E-state index in [-0.39, 0.29) is 32.1 Å². The van der Waals surface area contributed by atoms with E-state index in [2.05, 4.69) is 0 Å². The highest BCUT2D eigenvalue weighted by molar-refractivity contribution is 5.74. The molecule has 0 aromatic heterocycles. The second-order valence-electron chi connectivity index (χ2n) is 9.22. The molecule has 0 heterocycles. The number of carbonyl (C=O) groups is 4. The van der Waals surface area contributed by atoms with Gasteiger partial charge in [0.05, 0.1) is 55.1 Å². The molecule has 10 heteroatoms. The van der Waals surface area contributed by atoms with Crippen molar-refractivity contribution in [1.82, 2.24) is 0 Å². The van der Waals surface area contributed by atoms with E-state index >= 15 is 0 Å². The molecule has 0 aliphatic heterocycles. The summed E-state index contributed by atoms with van der Waals surface area (Å²) in [6, 6.07) is 0. The van der Waals surface area contributed by atoms with Gasteiger partial charge in [0.25, 0.3) is 0 Å². The SMILES string of the molecule is C[N+](C)(C)C[C@@H](CC(=O)O)OC(=O)CCCC(=O)O[C@@H](CC(=O)O)C[N+](C)(C)C. The van der Waals surface area contributed by atoms with Crippen molar-refractivity contribution in [3.63, 3.8) is 0 Å². The molecule has 0 saturated heterocycles. The summed E-state index contributed by atoms with van der Waals surface area (Å²) in [6.07, 6.45) is -2.02. The first-order valence-corrected chi connectivity index (χ1v) is 9.51. The molecule has 0 radical (unpaired) electrons. The van der Waals surface area contributed by atoms with Crippen LogP contribution >= 0.6 is 0 Å². The van der Waals surface area contributed by atoms with Gasteiger partial charge in [-0.25, -0.2) is 0 Å². The molecule has 0 spiro atoms. The van der Waals surface area contributed by atoms with Gasteiger partial charge >= 0.3 is 23.9 Å². The predicted molar refractivity (Wildman–Crippen MR) is 104 cm³/mol. The third kappa shape index (κ3) is 16.5. The number of quaternary nitrogens is 2. The van der Waals surface area contributed by atoms with Crippen LogP contribution in [0.15, 0.2) is 0 Å². The maximum absolute atomic E-state index is 12.0. The van der Waals surface area contributed by atoms with Crippen molar-refractivity contribution < 1.29 is 47.8 Å². The molecule has 2 N–H and O–H groups in total. The lowest BCUT2D eigenvalue weighted by Gasteiger charge is -2.28. The largest absolute Gasteiger partial charge is 0.481 e. The fraction of sp³-hybridized carbons (Fsp3) is 0.789. The first kappa shape index (κ1) is 26.8. The third-order valence-corrected chi connectivity index (χ3v) is 3.67. The number of hydrogen-bond acceptors (Lipinski definition) is 6. The number of rotatable bonds is 14. The molecule has 0 amide bonds. The molecule has 168 valence electrons. The van der Waals surface area contributed by atoms with Crippen LogP contribution in [0, 0.1) is 0 Å². The van der Waals surface area contributed by atoms with Crippen LogP contribution < -0.4 is 0 Å². The monoisotopic (exact) mass is 420 g/mol. The Balaban J connectivity index is 4.52. The average molecular weight is 421 g/mol. The Morgan fingerprint density at radius 3 is 1.24 bits per heavy atom. The zero-order valence-electron chi connectivity index (χ0n) is 18.3. The standard InChI is InChI=1S/C19H34N2O8/c1-20(2,3)12-14(10-16(22)23)28-18(26)8-7-9-19(27)29-15(11-17(24)25)13-21(4,5)6/h14-15H,7-13H2,1-6H3/p+2/t14-,15+. The number of nitrogens with zero attached hydrogens (tertiary/aromatic N) is 2. The van der Waals surface area contributed by atoms with Gasteiger partial charge in [0.15, 0.2) is 12.2 Å². The number of aliphatic carboxylic acids is 2. The molecule has 0 rings (SSSR count). The first-order chi connectivity index (χ1) is 13.1. The van der Waals surface area contributed by atoms with Gasteiger partial charge in [0, 0.05) is 12.8 Å². The van der Waals surface area contributed by atoms with Crippen LogP contribution in [0.2, 0.25) is 0 Å². The molecular weight excluding hydrogens is 384 g/mol. The molecule has 0 bridgehead atoms. The molecule has 0 aromatic rings. The highest BCUT2D eigenvalue weighted by atomic mass is 16.6. The normalized spacial score (nSPS) is 14.0. The van der Waals surface area contributed by atoms with E-state index in [1.165, 1.54) is 0 Å². The minimum absolute atomic E-state index is 0.0543. The van der Waals surface area contributed by atoms with E-state index in [9.17, 15) is 19.2 Å². The average Bonchev–Trinajstić information content (AvgIpc) is 2.41. The van der Waals surface area contributed by atoms with Gasteiger partial charge in [0.2, 0.25) is 0 Å². The van der Waals surface area contributed by atoms with Crippen molar-refractivity contribution in [2.75, 3.05) is 55.4 Å². The fourth-order valence-electron chi connectivity index (χ4n) is 2.77. The van der Waals surface area contributed by atoms with Gasteiger partial charge in [-0.15, -0.1) is 0 Å². The Bertz CT molecular complexity index is 528. The summed E-state index contributed by atoms with van der Waals surface area (Å²) in [6.45, 7) is 0.698. The van der Waals surface area contributed by atoms with Crippen LogP contribution in [-0.2, 0) is 28.7 Å². The molecule has 10 nitrogen and oxygen atoms in total. The van der Waals surface area contributed by atoms with E-state index < -0.39 is 36.1 Å².